The average molecular weight is 277 g/mol. The van der Waals surface area contributed by atoms with Crippen LogP contribution in [-0.2, 0) is 13.2 Å². The number of nitrogens with one attached hydrogen (secondary N) is 1. The molecule has 106 valence electrons. The SMILES string of the molecule is Cc1nnc(COc2ccc(F)cc2CNC2CC2)o1. The molecule has 0 amide bonds. The summed E-state index contributed by atoms with van der Waals surface area (Å²) in [5.41, 5.74) is 0.799. The predicted molar refractivity (Wildman–Crippen MR) is 69.6 cm³/mol. The zero-order valence-corrected chi connectivity index (χ0v) is 11.2. The highest BCUT2D eigenvalue weighted by molar-refractivity contribution is 5.34. The molecule has 0 saturated heterocycles. The van der Waals surface area contributed by atoms with E-state index in [9.17, 15) is 4.39 Å². The molecule has 3 rings (SSSR count). The Kier molecular flexibility index (Phi) is 3.64. The van der Waals surface area contributed by atoms with Crippen LogP contribution in [0, 0.1) is 12.7 Å². The second-order valence-electron chi connectivity index (χ2n) is 4.91. The third kappa shape index (κ3) is 3.33. The van der Waals surface area contributed by atoms with E-state index in [1.807, 2.05) is 0 Å². The lowest BCUT2D eigenvalue weighted by atomic mass is 10.2. The number of benzene rings is 1. The highest BCUT2D eigenvalue weighted by Crippen LogP contribution is 2.24. The van der Waals surface area contributed by atoms with E-state index in [4.69, 9.17) is 9.15 Å². The molecule has 1 aromatic heterocycles. The van der Waals surface area contributed by atoms with Crippen molar-refractivity contribution in [3.63, 3.8) is 0 Å². The molecule has 1 aromatic carbocycles. The Balaban J connectivity index is 1.66. The molecule has 1 heterocycles. The summed E-state index contributed by atoms with van der Waals surface area (Å²) in [6, 6.07) is 5.06. The minimum absolute atomic E-state index is 0.183. The van der Waals surface area contributed by atoms with Crippen LogP contribution in [0.25, 0.3) is 0 Å². The quantitative estimate of drug-likeness (QED) is 0.878. The Morgan fingerprint density at radius 3 is 2.95 bits per heavy atom. The first-order chi connectivity index (χ1) is 9.70. The fourth-order valence-electron chi connectivity index (χ4n) is 1.90. The van der Waals surface area contributed by atoms with Crippen LogP contribution >= 0.6 is 0 Å². The summed E-state index contributed by atoms with van der Waals surface area (Å²) < 4.78 is 24.2. The van der Waals surface area contributed by atoms with Crippen LogP contribution in [0.15, 0.2) is 22.6 Å². The van der Waals surface area contributed by atoms with Gasteiger partial charge in [0.05, 0.1) is 0 Å². The van der Waals surface area contributed by atoms with Crippen molar-refractivity contribution in [1.29, 1.82) is 0 Å². The van der Waals surface area contributed by atoms with Gasteiger partial charge in [-0.25, -0.2) is 4.39 Å². The molecule has 1 N–H and O–H groups in total. The molecule has 1 saturated carbocycles. The number of aromatic nitrogens is 2. The molecular formula is C14H16FN3O2. The molecule has 6 heteroatoms. The summed E-state index contributed by atoms with van der Waals surface area (Å²) >= 11 is 0. The normalized spacial score (nSPS) is 14.5. The van der Waals surface area contributed by atoms with Gasteiger partial charge in [-0.05, 0) is 31.0 Å². The molecule has 0 radical (unpaired) electrons. The summed E-state index contributed by atoms with van der Waals surface area (Å²) in [7, 11) is 0. The van der Waals surface area contributed by atoms with E-state index in [0.717, 1.165) is 5.56 Å². The first-order valence-electron chi connectivity index (χ1n) is 6.64. The topological polar surface area (TPSA) is 60.2 Å². The highest BCUT2D eigenvalue weighted by atomic mass is 19.1. The van der Waals surface area contributed by atoms with Crippen molar-refractivity contribution in [1.82, 2.24) is 15.5 Å². The first kappa shape index (κ1) is 13.1. The minimum atomic E-state index is -0.265. The van der Waals surface area contributed by atoms with E-state index in [1.165, 1.54) is 25.0 Å². The second kappa shape index (κ2) is 5.58. The zero-order valence-electron chi connectivity index (χ0n) is 11.2. The molecule has 0 aliphatic heterocycles. The van der Waals surface area contributed by atoms with Gasteiger partial charge in [-0.1, -0.05) is 0 Å². The second-order valence-corrected chi connectivity index (χ2v) is 4.91. The van der Waals surface area contributed by atoms with Gasteiger partial charge < -0.3 is 14.5 Å². The van der Waals surface area contributed by atoms with Gasteiger partial charge in [0.25, 0.3) is 5.89 Å². The number of ether oxygens (including phenoxy) is 1. The molecule has 1 aliphatic rings. The van der Waals surface area contributed by atoms with Gasteiger partial charge >= 0.3 is 0 Å². The molecule has 1 fully saturated rings. The van der Waals surface area contributed by atoms with Gasteiger partial charge in [-0.15, -0.1) is 10.2 Å². The number of aryl methyl sites for hydroxylation is 1. The summed E-state index contributed by atoms with van der Waals surface area (Å²) in [5, 5.41) is 10.9. The van der Waals surface area contributed by atoms with Gasteiger partial charge in [-0.2, -0.15) is 0 Å². The number of hydrogen-bond donors (Lipinski definition) is 1. The van der Waals surface area contributed by atoms with Crippen LogP contribution in [0.2, 0.25) is 0 Å². The van der Waals surface area contributed by atoms with Crippen molar-refractivity contribution < 1.29 is 13.5 Å². The van der Waals surface area contributed by atoms with Crippen LogP contribution in [0.4, 0.5) is 4.39 Å². The molecule has 0 unspecified atom stereocenters. The smallest absolute Gasteiger partial charge is 0.253 e. The molecule has 2 aromatic rings. The van der Waals surface area contributed by atoms with Crippen molar-refractivity contribution in [3.05, 3.63) is 41.4 Å². The van der Waals surface area contributed by atoms with Crippen molar-refractivity contribution >= 4 is 0 Å². The van der Waals surface area contributed by atoms with Gasteiger partial charge in [-0.3, -0.25) is 0 Å². The summed E-state index contributed by atoms with van der Waals surface area (Å²) in [5.74, 6) is 1.28. The molecule has 0 spiro atoms. The van der Waals surface area contributed by atoms with Crippen LogP contribution in [-0.4, -0.2) is 16.2 Å². The molecule has 1 aliphatic carbocycles. The fraction of sp³-hybridized carbons (Fsp3) is 0.429. The predicted octanol–water partition coefficient (Wildman–Crippen LogP) is 2.35. The van der Waals surface area contributed by atoms with E-state index < -0.39 is 0 Å². The van der Waals surface area contributed by atoms with Gasteiger partial charge in [0.15, 0.2) is 6.61 Å². The largest absolute Gasteiger partial charge is 0.483 e. The van der Waals surface area contributed by atoms with Crippen LogP contribution in [0.5, 0.6) is 5.75 Å². The van der Waals surface area contributed by atoms with Crippen LogP contribution in [0.3, 0.4) is 0 Å². The molecule has 20 heavy (non-hydrogen) atoms. The Bertz CT molecular complexity index is 596. The Labute approximate surface area is 116 Å². The third-order valence-corrected chi connectivity index (χ3v) is 3.10. The lowest BCUT2D eigenvalue weighted by Crippen LogP contribution is -2.16. The fourth-order valence-corrected chi connectivity index (χ4v) is 1.90. The highest BCUT2D eigenvalue weighted by Gasteiger charge is 2.20. The van der Waals surface area contributed by atoms with Gasteiger partial charge in [0, 0.05) is 25.1 Å². The van der Waals surface area contributed by atoms with Crippen LogP contribution < -0.4 is 10.1 Å². The Morgan fingerprint density at radius 2 is 2.25 bits per heavy atom. The van der Waals surface area contributed by atoms with Crippen molar-refractivity contribution in [3.8, 4) is 5.75 Å². The monoisotopic (exact) mass is 277 g/mol. The molecule has 0 bridgehead atoms. The first-order valence-corrected chi connectivity index (χ1v) is 6.64. The number of halogens is 1. The zero-order chi connectivity index (χ0) is 13.9. The van der Waals surface area contributed by atoms with E-state index in [2.05, 4.69) is 15.5 Å². The summed E-state index contributed by atoms with van der Waals surface area (Å²) in [6.45, 7) is 2.50. The van der Waals surface area contributed by atoms with Crippen molar-refractivity contribution in [2.24, 2.45) is 0 Å². The summed E-state index contributed by atoms with van der Waals surface area (Å²) in [4.78, 5) is 0. The number of nitrogens with zero attached hydrogens (tertiary/aromatic N) is 2. The molecule has 0 atom stereocenters. The van der Waals surface area contributed by atoms with E-state index >= 15 is 0 Å². The van der Waals surface area contributed by atoms with Crippen molar-refractivity contribution in [2.45, 2.75) is 39.0 Å². The van der Waals surface area contributed by atoms with E-state index in [0.29, 0.717) is 30.1 Å². The van der Waals surface area contributed by atoms with Gasteiger partial charge in [0.2, 0.25) is 5.89 Å². The van der Waals surface area contributed by atoms with Gasteiger partial charge in [0.1, 0.15) is 11.6 Å². The van der Waals surface area contributed by atoms with Crippen molar-refractivity contribution in [2.75, 3.05) is 0 Å². The maximum absolute atomic E-state index is 13.3. The lowest BCUT2D eigenvalue weighted by molar-refractivity contribution is 0.257. The number of rotatable bonds is 6. The summed E-state index contributed by atoms with van der Waals surface area (Å²) in [6.07, 6.45) is 2.37. The van der Waals surface area contributed by atoms with E-state index in [1.54, 1.807) is 13.0 Å². The maximum Gasteiger partial charge on any atom is 0.253 e. The lowest BCUT2D eigenvalue weighted by Gasteiger charge is -2.11. The Hall–Kier alpha value is -1.95. The standard InChI is InChI=1S/C14H16FN3O2/c1-9-17-18-14(20-9)8-19-13-5-2-11(15)6-10(13)7-16-12-3-4-12/h2,5-6,12,16H,3-4,7-8H2,1H3. The number of hydrogen-bond acceptors (Lipinski definition) is 5. The molecule has 5 nitrogen and oxygen atoms in total. The Morgan fingerprint density at radius 1 is 1.40 bits per heavy atom. The minimum Gasteiger partial charge on any atom is -0.483 e. The van der Waals surface area contributed by atoms with E-state index in [-0.39, 0.29) is 12.4 Å². The molecular weight excluding hydrogens is 261 g/mol. The van der Waals surface area contributed by atoms with Crippen LogP contribution in [0.1, 0.15) is 30.2 Å². The third-order valence-electron chi connectivity index (χ3n) is 3.10. The average Bonchev–Trinajstić information content (AvgIpc) is 3.17. The maximum atomic E-state index is 13.3.